The number of rotatable bonds is 10. The van der Waals surface area contributed by atoms with Crippen molar-refractivity contribution in [2.75, 3.05) is 26.9 Å². The van der Waals surface area contributed by atoms with Gasteiger partial charge in [0.25, 0.3) is 6.43 Å². The Morgan fingerprint density at radius 2 is 2.10 bits per heavy atom. The second kappa shape index (κ2) is 10.1. The highest BCUT2D eigenvalue weighted by Crippen LogP contribution is 2.30. The second-order valence-electron chi connectivity index (χ2n) is 4.65. The molecule has 0 amide bonds. The summed E-state index contributed by atoms with van der Waals surface area (Å²) in [6, 6.07) is 5.79. The molecule has 0 bridgehead atoms. The molecule has 1 unspecified atom stereocenters. The van der Waals surface area contributed by atoms with E-state index in [0.29, 0.717) is 6.42 Å². The van der Waals surface area contributed by atoms with Gasteiger partial charge < -0.3 is 14.8 Å². The molecule has 0 saturated heterocycles. The topological polar surface area (TPSA) is 30.5 Å². The Morgan fingerprint density at radius 1 is 1.33 bits per heavy atom. The Balaban J connectivity index is 2.73. The number of hydrogen-bond donors (Lipinski definition) is 1. The van der Waals surface area contributed by atoms with Crippen molar-refractivity contribution in [3.8, 4) is 5.75 Å². The Hall–Kier alpha value is -0.720. The quantitative estimate of drug-likeness (QED) is 0.631. The van der Waals surface area contributed by atoms with Crippen LogP contribution < -0.4 is 10.1 Å². The third kappa shape index (κ3) is 6.72. The van der Waals surface area contributed by atoms with Crippen LogP contribution in [-0.2, 0) is 4.74 Å². The molecule has 6 heteroatoms. The normalized spacial score (nSPS) is 12.7. The molecule has 3 nitrogen and oxygen atoms in total. The number of benzene rings is 1. The van der Waals surface area contributed by atoms with Crippen molar-refractivity contribution in [1.29, 1.82) is 0 Å². The minimum absolute atomic E-state index is 0.00933. The van der Waals surface area contributed by atoms with E-state index in [1.54, 1.807) is 7.11 Å². The number of nitrogens with one attached hydrogen (secondary N) is 1. The van der Waals surface area contributed by atoms with Crippen molar-refractivity contribution in [2.24, 2.45) is 0 Å². The largest absolute Gasteiger partial charge is 0.496 e. The van der Waals surface area contributed by atoms with E-state index in [-0.39, 0.29) is 12.6 Å². The third-order valence-corrected chi connectivity index (χ3v) is 3.50. The summed E-state index contributed by atoms with van der Waals surface area (Å²) in [5.41, 5.74) is 1.00. The molecule has 0 aliphatic carbocycles. The Bertz CT molecular complexity index is 419. The van der Waals surface area contributed by atoms with Crippen LogP contribution in [0.25, 0.3) is 0 Å². The average molecular weight is 366 g/mol. The molecular weight excluding hydrogens is 344 g/mol. The molecule has 1 aromatic rings. The summed E-state index contributed by atoms with van der Waals surface area (Å²) >= 11 is 3.45. The molecule has 0 aliphatic heterocycles. The van der Waals surface area contributed by atoms with Gasteiger partial charge in [-0.25, -0.2) is 8.78 Å². The fraction of sp³-hybridized carbons (Fsp3) is 0.600. The fourth-order valence-electron chi connectivity index (χ4n) is 2.04. The second-order valence-corrected chi connectivity index (χ2v) is 5.56. The third-order valence-electron chi connectivity index (χ3n) is 3.00. The fourth-order valence-corrected chi connectivity index (χ4v) is 2.42. The monoisotopic (exact) mass is 365 g/mol. The maximum atomic E-state index is 12.1. The highest BCUT2D eigenvalue weighted by molar-refractivity contribution is 9.10. The summed E-state index contributed by atoms with van der Waals surface area (Å²) in [7, 11) is 1.62. The first-order chi connectivity index (χ1) is 10.1. The molecule has 0 aromatic heterocycles. The number of halogens is 3. The molecule has 1 N–H and O–H groups in total. The van der Waals surface area contributed by atoms with E-state index < -0.39 is 13.0 Å². The first kappa shape index (κ1) is 18.3. The lowest BCUT2D eigenvalue weighted by Gasteiger charge is -2.21. The smallest absolute Gasteiger partial charge is 0.261 e. The molecule has 0 saturated carbocycles. The first-order valence-corrected chi connectivity index (χ1v) is 7.80. The minimum Gasteiger partial charge on any atom is -0.496 e. The van der Waals surface area contributed by atoms with E-state index in [1.165, 1.54) is 0 Å². The zero-order valence-electron chi connectivity index (χ0n) is 12.4. The van der Waals surface area contributed by atoms with Crippen LogP contribution in [0.4, 0.5) is 8.78 Å². The molecular formula is C15H22BrF2NO2. The summed E-state index contributed by atoms with van der Waals surface area (Å²) in [4.78, 5) is 0. The molecule has 0 radical (unpaired) electrons. The van der Waals surface area contributed by atoms with Gasteiger partial charge in [-0.1, -0.05) is 22.9 Å². The van der Waals surface area contributed by atoms with Gasteiger partial charge in [-0.05, 0) is 37.6 Å². The van der Waals surface area contributed by atoms with Crippen LogP contribution >= 0.6 is 15.9 Å². The van der Waals surface area contributed by atoms with Crippen LogP contribution in [0.2, 0.25) is 0 Å². The van der Waals surface area contributed by atoms with Crippen LogP contribution in [0.3, 0.4) is 0 Å². The Morgan fingerprint density at radius 3 is 2.71 bits per heavy atom. The van der Waals surface area contributed by atoms with E-state index in [0.717, 1.165) is 28.8 Å². The standard InChI is InChI=1S/C15H22BrF2NO2/c1-3-7-19-13(6-8-21-10-15(17)18)12-9-11(16)4-5-14(12)20-2/h4-5,9,13,15,19H,3,6-8,10H2,1-2H3. The molecule has 21 heavy (non-hydrogen) atoms. The highest BCUT2D eigenvalue weighted by atomic mass is 79.9. The van der Waals surface area contributed by atoms with Crippen molar-refractivity contribution < 1.29 is 18.3 Å². The highest BCUT2D eigenvalue weighted by Gasteiger charge is 2.16. The first-order valence-electron chi connectivity index (χ1n) is 7.01. The summed E-state index contributed by atoms with van der Waals surface area (Å²) in [5.74, 6) is 0.778. The van der Waals surface area contributed by atoms with Gasteiger partial charge in [0.2, 0.25) is 0 Å². The zero-order chi connectivity index (χ0) is 15.7. The lowest BCUT2D eigenvalue weighted by atomic mass is 10.0. The van der Waals surface area contributed by atoms with Crippen LogP contribution in [-0.4, -0.2) is 33.3 Å². The van der Waals surface area contributed by atoms with Gasteiger partial charge in [0.1, 0.15) is 12.4 Å². The van der Waals surface area contributed by atoms with E-state index >= 15 is 0 Å². The van der Waals surface area contributed by atoms with E-state index in [9.17, 15) is 8.78 Å². The van der Waals surface area contributed by atoms with E-state index in [4.69, 9.17) is 9.47 Å². The van der Waals surface area contributed by atoms with Crippen LogP contribution in [0.1, 0.15) is 31.4 Å². The van der Waals surface area contributed by atoms with Gasteiger partial charge in [0.05, 0.1) is 7.11 Å². The SMILES string of the molecule is CCCNC(CCOCC(F)F)c1cc(Br)ccc1OC. The van der Waals surface area contributed by atoms with Gasteiger partial charge in [-0.15, -0.1) is 0 Å². The van der Waals surface area contributed by atoms with Crippen molar-refractivity contribution in [2.45, 2.75) is 32.2 Å². The number of hydrogen-bond acceptors (Lipinski definition) is 3. The number of alkyl halides is 2. The van der Waals surface area contributed by atoms with Crippen molar-refractivity contribution in [3.63, 3.8) is 0 Å². The Labute approximate surface area is 133 Å². The lowest BCUT2D eigenvalue weighted by Crippen LogP contribution is -2.24. The van der Waals surface area contributed by atoms with Crippen molar-refractivity contribution >= 4 is 15.9 Å². The van der Waals surface area contributed by atoms with Crippen LogP contribution in [0.5, 0.6) is 5.75 Å². The predicted octanol–water partition coefficient (Wildman–Crippen LogP) is 4.17. The summed E-state index contributed by atoms with van der Waals surface area (Å²) in [5, 5.41) is 3.41. The molecule has 0 heterocycles. The lowest BCUT2D eigenvalue weighted by molar-refractivity contribution is 0.0143. The summed E-state index contributed by atoms with van der Waals surface area (Å²) in [6.45, 7) is 2.68. The molecule has 0 spiro atoms. The van der Waals surface area contributed by atoms with E-state index in [2.05, 4.69) is 28.2 Å². The van der Waals surface area contributed by atoms with Crippen LogP contribution in [0, 0.1) is 0 Å². The van der Waals surface area contributed by atoms with Gasteiger partial charge in [-0.2, -0.15) is 0 Å². The summed E-state index contributed by atoms with van der Waals surface area (Å²) in [6.07, 6.45) is -0.822. The average Bonchev–Trinajstić information content (AvgIpc) is 2.46. The van der Waals surface area contributed by atoms with Gasteiger partial charge in [0.15, 0.2) is 0 Å². The molecule has 0 fully saturated rings. The van der Waals surface area contributed by atoms with Crippen molar-refractivity contribution in [3.05, 3.63) is 28.2 Å². The molecule has 0 aliphatic rings. The minimum atomic E-state index is -2.42. The van der Waals surface area contributed by atoms with Gasteiger partial charge >= 0.3 is 0 Å². The van der Waals surface area contributed by atoms with Gasteiger partial charge in [-0.3, -0.25) is 0 Å². The van der Waals surface area contributed by atoms with Gasteiger partial charge in [0, 0.05) is 22.7 Å². The maximum absolute atomic E-state index is 12.1. The molecule has 1 atom stereocenters. The Kier molecular flexibility index (Phi) is 8.80. The van der Waals surface area contributed by atoms with Crippen LogP contribution in [0.15, 0.2) is 22.7 Å². The van der Waals surface area contributed by atoms with Crippen molar-refractivity contribution in [1.82, 2.24) is 5.32 Å². The molecule has 1 rings (SSSR count). The molecule has 120 valence electrons. The maximum Gasteiger partial charge on any atom is 0.261 e. The van der Waals surface area contributed by atoms with E-state index in [1.807, 2.05) is 18.2 Å². The zero-order valence-corrected chi connectivity index (χ0v) is 14.0. The molecule has 1 aromatic carbocycles. The predicted molar refractivity (Wildman–Crippen MR) is 83.2 cm³/mol. The summed E-state index contributed by atoms with van der Waals surface area (Å²) < 4.78 is 35.5. The number of methoxy groups -OCH3 is 1. The number of ether oxygens (including phenoxy) is 2.